The van der Waals surface area contributed by atoms with Crippen LogP contribution in [0, 0.1) is 0 Å². The maximum Gasteiger partial charge on any atom is 0.267 e. The van der Waals surface area contributed by atoms with Gasteiger partial charge in [0.15, 0.2) is 5.82 Å². The Morgan fingerprint density at radius 3 is 2.81 bits per heavy atom. The molecule has 0 bridgehead atoms. The average Bonchev–Trinajstić information content (AvgIpc) is 2.28. The Kier molecular flexibility index (Phi) is 3.57. The summed E-state index contributed by atoms with van der Waals surface area (Å²) < 4.78 is 0.439. The molecule has 2 heterocycles. The van der Waals surface area contributed by atoms with E-state index in [1.54, 1.807) is 0 Å². The second kappa shape index (κ2) is 4.94. The van der Waals surface area contributed by atoms with Crippen LogP contribution in [-0.2, 0) is 0 Å². The Morgan fingerprint density at radius 2 is 2.12 bits per heavy atom. The Hall–Kier alpha value is -0.920. The number of aromatic nitrogens is 2. The van der Waals surface area contributed by atoms with E-state index in [9.17, 15) is 4.79 Å². The first-order valence-electron chi connectivity index (χ1n) is 5.10. The molecule has 0 unspecified atom stereocenters. The molecular weight excluding hydrogens is 274 g/mol. The second-order valence-electron chi connectivity index (χ2n) is 3.80. The van der Waals surface area contributed by atoms with Crippen LogP contribution < -0.4 is 11.0 Å². The minimum absolute atomic E-state index is 0.174. The lowest BCUT2D eigenvalue weighted by Gasteiger charge is -2.32. The van der Waals surface area contributed by atoms with Gasteiger partial charge in [0.25, 0.3) is 5.56 Å². The molecule has 1 fully saturated rings. The van der Waals surface area contributed by atoms with Crippen LogP contribution in [0.5, 0.6) is 0 Å². The average molecular weight is 288 g/mol. The second-order valence-corrected chi connectivity index (χ2v) is 4.59. The highest BCUT2D eigenvalue weighted by Crippen LogP contribution is 2.14. The molecule has 1 aromatic heterocycles. The first kappa shape index (κ1) is 11.6. The number of halogens is 1. The lowest BCUT2D eigenvalue weighted by Crippen LogP contribution is -2.47. The van der Waals surface area contributed by atoms with Crippen LogP contribution in [0.4, 0.5) is 5.82 Å². The number of H-pyrrole nitrogens is 1. The number of hydrogen-bond donors (Lipinski definition) is 2. The summed E-state index contributed by atoms with van der Waals surface area (Å²) in [7, 11) is 2.10. The summed E-state index contributed by atoms with van der Waals surface area (Å²) in [5, 5.41) is 2.06. The maximum absolute atomic E-state index is 11.3. The van der Waals surface area contributed by atoms with E-state index in [0.717, 1.165) is 26.2 Å². The van der Waals surface area contributed by atoms with E-state index in [0.29, 0.717) is 10.3 Å². The molecule has 0 aromatic carbocycles. The molecule has 0 amide bonds. The molecule has 1 aromatic rings. The first-order chi connectivity index (χ1) is 7.66. The highest BCUT2D eigenvalue weighted by Gasteiger charge is 2.15. The van der Waals surface area contributed by atoms with Crippen LogP contribution >= 0.6 is 15.9 Å². The van der Waals surface area contributed by atoms with E-state index >= 15 is 0 Å². The summed E-state index contributed by atoms with van der Waals surface area (Å²) in [4.78, 5) is 20.2. The van der Waals surface area contributed by atoms with Gasteiger partial charge in [-0.1, -0.05) is 0 Å². The molecule has 1 aliphatic heterocycles. The number of likely N-dealkylation sites (N-methyl/N-ethyl adjacent to an activating group) is 1. The molecule has 7 heteroatoms. The van der Waals surface area contributed by atoms with Crippen LogP contribution in [-0.4, -0.2) is 53.1 Å². The fraction of sp³-hybridized carbons (Fsp3) is 0.556. The van der Waals surface area contributed by atoms with Gasteiger partial charge in [-0.2, -0.15) is 0 Å². The van der Waals surface area contributed by atoms with Crippen molar-refractivity contribution in [3.8, 4) is 0 Å². The molecule has 6 nitrogen and oxygen atoms in total. The molecular formula is C9H14BrN5O. The quantitative estimate of drug-likeness (QED) is 0.808. The zero-order valence-corrected chi connectivity index (χ0v) is 10.6. The smallest absolute Gasteiger partial charge is 0.267 e. The van der Waals surface area contributed by atoms with E-state index in [1.165, 1.54) is 6.33 Å². The van der Waals surface area contributed by atoms with Gasteiger partial charge in [0.2, 0.25) is 0 Å². The lowest BCUT2D eigenvalue weighted by atomic mass is 10.4. The first-order valence-corrected chi connectivity index (χ1v) is 5.89. The van der Waals surface area contributed by atoms with Crippen LogP contribution in [0.15, 0.2) is 15.6 Å². The van der Waals surface area contributed by atoms with Crippen LogP contribution in [0.3, 0.4) is 0 Å². The number of nitrogens with zero attached hydrogens (tertiary/aromatic N) is 3. The van der Waals surface area contributed by atoms with Gasteiger partial charge >= 0.3 is 0 Å². The van der Waals surface area contributed by atoms with Gasteiger partial charge in [0.1, 0.15) is 4.47 Å². The van der Waals surface area contributed by atoms with E-state index in [-0.39, 0.29) is 5.56 Å². The fourth-order valence-corrected chi connectivity index (χ4v) is 1.83. The van der Waals surface area contributed by atoms with E-state index in [1.807, 2.05) is 0 Å². The number of piperazine rings is 1. The predicted molar refractivity (Wildman–Crippen MR) is 65.3 cm³/mol. The number of hydrogen-bond acceptors (Lipinski definition) is 5. The molecule has 16 heavy (non-hydrogen) atoms. The highest BCUT2D eigenvalue weighted by molar-refractivity contribution is 9.10. The summed E-state index contributed by atoms with van der Waals surface area (Å²) in [6.45, 7) is 3.84. The Morgan fingerprint density at radius 1 is 1.44 bits per heavy atom. The zero-order valence-electron chi connectivity index (χ0n) is 9.03. The largest absolute Gasteiger partial charge is 0.312 e. The lowest BCUT2D eigenvalue weighted by molar-refractivity contribution is 0.178. The van der Waals surface area contributed by atoms with Crippen molar-refractivity contribution in [3.05, 3.63) is 21.2 Å². The summed E-state index contributed by atoms with van der Waals surface area (Å²) in [6.07, 6.45) is 1.39. The number of nitrogens with one attached hydrogen (secondary N) is 2. The Bertz CT molecular complexity index is 413. The maximum atomic E-state index is 11.3. The van der Waals surface area contributed by atoms with Crippen molar-refractivity contribution in [1.29, 1.82) is 0 Å². The third-order valence-electron chi connectivity index (χ3n) is 2.56. The third kappa shape index (κ3) is 2.60. The van der Waals surface area contributed by atoms with Crippen molar-refractivity contribution < 1.29 is 0 Å². The zero-order chi connectivity index (χ0) is 11.5. The van der Waals surface area contributed by atoms with Gasteiger partial charge in [-0.3, -0.25) is 4.79 Å². The topological polar surface area (TPSA) is 64.3 Å². The SMILES string of the molecule is CN1CCN(Nc2nc[nH]c(=O)c2Br)CC1. The van der Waals surface area contributed by atoms with E-state index in [4.69, 9.17) is 0 Å². The molecule has 0 aliphatic carbocycles. The number of anilines is 1. The van der Waals surface area contributed by atoms with Crippen molar-refractivity contribution in [2.45, 2.75) is 0 Å². The number of hydrazine groups is 1. The minimum Gasteiger partial charge on any atom is -0.312 e. The molecule has 1 saturated heterocycles. The van der Waals surface area contributed by atoms with E-state index in [2.05, 4.69) is 48.3 Å². The van der Waals surface area contributed by atoms with Gasteiger partial charge in [-0.25, -0.2) is 9.99 Å². The van der Waals surface area contributed by atoms with Crippen LogP contribution in [0.1, 0.15) is 0 Å². The summed E-state index contributed by atoms with van der Waals surface area (Å²) in [6, 6.07) is 0. The molecule has 0 atom stereocenters. The standard InChI is InChI=1S/C9H14BrN5O/c1-14-2-4-15(5-3-14)13-8-7(10)9(16)12-6-11-8/h6H,2-5H2,1H3,(H2,11,12,13,16). The van der Waals surface area contributed by atoms with Gasteiger partial charge in [-0.15, -0.1) is 0 Å². The molecule has 2 rings (SSSR count). The molecule has 88 valence electrons. The van der Waals surface area contributed by atoms with Crippen molar-refractivity contribution in [3.63, 3.8) is 0 Å². The highest BCUT2D eigenvalue weighted by atomic mass is 79.9. The van der Waals surface area contributed by atoms with Crippen molar-refractivity contribution in [2.75, 3.05) is 38.7 Å². The molecule has 0 saturated carbocycles. The molecule has 0 spiro atoms. The molecule has 2 N–H and O–H groups in total. The van der Waals surface area contributed by atoms with Crippen LogP contribution in [0.25, 0.3) is 0 Å². The summed E-state index contributed by atoms with van der Waals surface area (Å²) in [5.41, 5.74) is 2.96. The fourth-order valence-electron chi connectivity index (χ4n) is 1.53. The molecule has 0 radical (unpaired) electrons. The third-order valence-corrected chi connectivity index (χ3v) is 3.30. The number of rotatable bonds is 2. The van der Waals surface area contributed by atoms with Crippen molar-refractivity contribution in [2.24, 2.45) is 0 Å². The van der Waals surface area contributed by atoms with Gasteiger partial charge in [-0.05, 0) is 23.0 Å². The van der Waals surface area contributed by atoms with Crippen LogP contribution in [0.2, 0.25) is 0 Å². The van der Waals surface area contributed by atoms with Crippen molar-refractivity contribution in [1.82, 2.24) is 19.9 Å². The predicted octanol–water partition coefficient (Wildman–Crippen LogP) is 0.107. The van der Waals surface area contributed by atoms with Crippen molar-refractivity contribution >= 4 is 21.7 Å². The van der Waals surface area contributed by atoms with Gasteiger partial charge < -0.3 is 15.3 Å². The minimum atomic E-state index is -0.174. The number of aromatic amines is 1. The Labute approximate surface area is 102 Å². The van der Waals surface area contributed by atoms with Gasteiger partial charge in [0.05, 0.1) is 6.33 Å². The van der Waals surface area contributed by atoms with Gasteiger partial charge in [0, 0.05) is 26.2 Å². The van der Waals surface area contributed by atoms with E-state index < -0.39 is 0 Å². The Balaban J connectivity index is 2.04. The monoisotopic (exact) mass is 287 g/mol. The summed E-state index contributed by atoms with van der Waals surface area (Å²) >= 11 is 3.21. The normalized spacial score (nSPS) is 18.6. The molecule has 1 aliphatic rings. The summed E-state index contributed by atoms with van der Waals surface area (Å²) in [5.74, 6) is 0.563.